The number of hydrogen-bond donors (Lipinski definition) is 0. The number of ether oxygens (including phenoxy) is 2. The molecule has 2 aromatic carbocycles. The standard InChI is InChI=1S/C15H12ClNO2/c16-13-5-7-14(8-6-13)18-9-10-19-15-4-2-1-3-12(15)11-17/h1-8H,9-10H2. The van der Waals surface area contributed by atoms with Crippen LogP contribution in [0.25, 0.3) is 0 Å². The van der Waals surface area contributed by atoms with E-state index in [4.69, 9.17) is 26.3 Å². The molecule has 0 N–H and O–H groups in total. The van der Waals surface area contributed by atoms with Crippen molar-refractivity contribution in [2.24, 2.45) is 0 Å². The molecule has 3 nitrogen and oxygen atoms in total. The molecule has 0 aliphatic rings. The summed E-state index contributed by atoms with van der Waals surface area (Å²) >= 11 is 5.78. The van der Waals surface area contributed by atoms with E-state index in [0.29, 0.717) is 29.5 Å². The van der Waals surface area contributed by atoms with E-state index in [2.05, 4.69) is 6.07 Å². The summed E-state index contributed by atoms with van der Waals surface area (Å²) in [7, 11) is 0. The van der Waals surface area contributed by atoms with E-state index in [0.717, 1.165) is 5.75 Å². The molecule has 4 heteroatoms. The number of rotatable bonds is 5. The first-order valence-electron chi connectivity index (χ1n) is 5.80. The molecule has 19 heavy (non-hydrogen) atoms. The van der Waals surface area contributed by atoms with E-state index in [1.165, 1.54) is 0 Å². The molecule has 2 aromatic rings. The molecular formula is C15H12ClNO2. The largest absolute Gasteiger partial charge is 0.490 e. The van der Waals surface area contributed by atoms with Gasteiger partial charge < -0.3 is 9.47 Å². The second kappa shape index (κ2) is 6.67. The minimum atomic E-state index is 0.376. The molecule has 0 aliphatic carbocycles. The molecule has 0 bridgehead atoms. The van der Waals surface area contributed by atoms with Gasteiger partial charge in [0.1, 0.15) is 30.8 Å². The lowest BCUT2D eigenvalue weighted by Gasteiger charge is -2.09. The minimum absolute atomic E-state index is 0.376. The van der Waals surface area contributed by atoms with Crippen molar-refractivity contribution in [3.8, 4) is 17.6 Å². The Morgan fingerprint density at radius 3 is 2.37 bits per heavy atom. The van der Waals surface area contributed by atoms with Crippen molar-refractivity contribution in [3.05, 3.63) is 59.1 Å². The van der Waals surface area contributed by atoms with Crippen LogP contribution >= 0.6 is 11.6 Å². The summed E-state index contributed by atoms with van der Waals surface area (Å²) in [5, 5.41) is 9.58. The Kier molecular flexibility index (Phi) is 4.66. The lowest BCUT2D eigenvalue weighted by molar-refractivity contribution is 0.217. The maximum Gasteiger partial charge on any atom is 0.137 e. The molecule has 2 rings (SSSR count). The second-order valence-corrected chi connectivity index (χ2v) is 4.20. The van der Waals surface area contributed by atoms with Gasteiger partial charge in [-0.15, -0.1) is 0 Å². The quantitative estimate of drug-likeness (QED) is 0.781. The van der Waals surface area contributed by atoms with Crippen LogP contribution in [0.1, 0.15) is 5.56 Å². The van der Waals surface area contributed by atoms with Crippen LogP contribution in [0, 0.1) is 11.3 Å². The van der Waals surface area contributed by atoms with Gasteiger partial charge in [-0.1, -0.05) is 23.7 Å². The van der Waals surface area contributed by atoms with E-state index >= 15 is 0 Å². The van der Waals surface area contributed by atoms with Gasteiger partial charge in [0, 0.05) is 5.02 Å². The molecule has 0 unspecified atom stereocenters. The summed E-state index contributed by atoms with van der Waals surface area (Å²) in [5.41, 5.74) is 0.522. The predicted octanol–water partition coefficient (Wildman–Crippen LogP) is 3.67. The van der Waals surface area contributed by atoms with E-state index < -0.39 is 0 Å². The Balaban J connectivity index is 1.81. The zero-order valence-electron chi connectivity index (χ0n) is 10.2. The fourth-order valence-corrected chi connectivity index (χ4v) is 1.65. The summed E-state index contributed by atoms with van der Waals surface area (Å²) in [4.78, 5) is 0. The van der Waals surface area contributed by atoms with Gasteiger partial charge in [-0.3, -0.25) is 0 Å². The Bertz CT molecular complexity index is 575. The fraction of sp³-hybridized carbons (Fsp3) is 0.133. The van der Waals surface area contributed by atoms with Gasteiger partial charge in [-0.25, -0.2) is 0 Å². The smallest absolute Gasteiger partial charge is 0.137 e. The molecule has 0 saturated carbocycles. The van der Waals surface area contributed by atoms with Crippen molar-refractivity contribution in [1.82, 2.24) is 0 Å². The number of nitrogens with zero attached hydrogens (tertiary/aromatic N) is 1. The zero-order chi connectivity index (χ0) is 13.5. The van der Waals surface area contributed by atoms with E-state index in [9.17, 15) is 0 Å². The minimum Gasteiger partial charge on any atom is -0.490 e. The van der Waals surface area contributed by atoms with Crippen LogP contribution in [0.2, 0.25) is 5.02 Å². The number of benzene rings is 2. The highest BCUT2D eigenvalue weighted by Gasteiger charge is 2.01. The Hall–Kier alpha value is -2.18. The van der Waals surface area contributed by atoms with E-state index in [1.807, 2.05) is 6.07 Å². The van der Waals surface area contributed by atoms with Crippen LogP contribution < -0.4 is 9.47 Å². The van der Waals surface area contributed by atoms with Crippen LogP contribution in [0.3, 0.4) is 0 Å². The van der Waals surface area contributed by atoms with Gasteiger partial charge in [0.2, 0.25) is 0 Å². The van der Waals surface area contributed by atoms with Gasteiger partial charge in [0.15, 0.2) is 0 Å². The van der Waals surface area contributed by atoms with Crippen molar-refractivity contribution >= 4 is 11.6 Å². The molecule has 0 aliphatic heterocycles. The second-order valence-electron chi connectivity index (χ2n) is 3.76. The van der Waals surface area contributed by atoms with Crippen molar-refractivity contribution in [2.75, 3.05) is 13.2 Å². The molecule has 0 fully saturated rings. The molecule has 0 heterocycles. The summed E-state index contributed by atoms with van der Waals surface area (Å²) in [6.07, 6.45) is 0. The maximum absolute atomic E-state index is 8.91. The van der Waals surface area contributed by atoms with Crippen LogP contribution in [-0.4, -0.2) is 13.2 Å². The van der Waals surface area contributed by atoms with Gasteiger partial charge >= 0.3 is 0 Å². The van der Waals surface area contributed by atoms with Crippen molar-refractivity contribution < 1.29 is 9.47 Å². The first-order valence-corrected chi connectivity index (χ1v) is 6.17. The summed E-state index contributed by atoms with van der Waals surface area (Å²) in [5.74, 6) is 1.31. The lowest BCUT2D eigenvalue weighted by Crippen LogP contribution is -2.09. The van der Waals surface area contributed by atoms with Crippen molar-refractivity contribution in [1.29, 1.82) is 5.26 Å². The number of para-hydroxylation sites is 1. The van der Waals surface area contributed by atoms with Crippen LogP contribution in [0.5, 0.6) is 11.5 Å². The topological polar surface area (TPSA) is 42.2 Å². The SMILES string of the molecule is N#Cc1ccccc1OCCOc1ccc(Cl)cc1. The third-order valence-electron chi connectivity index (χ3n) is 2.43. The Morgan fingerprint density at radius 1 is 0.947 bits per heavy atom. The van der Waals surface area contributed by atoms with Gasteiger partial charge in [0.05, 0.1) is 5.56 Å². The normalized spacial score (nSPS) is 9.68. The first kappa shape index (κ1) is 13.3. The molecule has 0 aromatic heterocycles. The summed E-state index contributed by atoms with van der Waals surface area (Å²) < 4.78 is 11.0. The monoisotopic (exact) mass is 273 g/mol. The molecule has 96 valence electrons. The van der Waals surface area contributed by atoms with E-state index in [-0.39, 0.29) is 0 Å². The zero-order valence-corrected chi connectivity index (χ0v) is 10.9. The molecule has 0 amide bonds. The van der Waals surface area contributed by atoms with Crippen molar-refractivity contribution in [3.63, 3.8) is 0 Å². The summed E-state index contributed by atoms with van der Waals surface area (Å²) in [6, 6.07) is 16.3. The lowest BCUT2D eigenvalue weighted by atomic mass is 10.2. The summed E-state index contributed by atoms with van der Waals surface area (Å²) in [6.45, 7) is 0.780. The number of nitriles is 1. The molecular weight excluding hydrogens is 262 g/mol. The third kappa shape index (κ3) is 3.90. The van der Waals surface area contributed by atoms with Crippen molar-refractivity contribution in [2.45, 2.75) is 0 Å². The highest BCUT2D eigenvalue weighted by atomic mass is 35.5. The average molecular weight is 274 g/mol. The van der Waals surface area contributed by atoms with Crippen LogP contribution in [0.4, 0.5) is 0 Å². The number of halogens is 1. The molecule has 0 spiro atoms. The van der Waals surface area contributed by atoms with Gasteiger partial charge in [0.25, 0.3) is 0 Å². The third-order valence-corrected chi connectivity index (χ3v) is 2.68. The molecule has 0 atom stereocenters. The average Bonchev–Trinajstić information content (AvgIpc) is 2.46. The molecule has 0 radical (unpaired) electrons. The first-order chi connectivity index (χ1) is 9.29. The highest BCUT2D eigenvalue weighted by Crippen LogP contribution is 2.17. The highest BCUT2D eigenvalue weighted by molar-refractivity contribution is 6.30. The van der Waals surface area contributed by atoms with Crippen LogP contribution in [-0.2, 0) is 0 Å². The van der Waals surface area contributed by atoms with Gasteiger partial charge in [-0.2, -0.15) is 5.26 Å². The van der Waals surface area contributed by atoms with Gasteiger partial charge in [-0.05, 0) is 36.4 Å². The van der Waals surface area contributed by atoms with E-state index in [1.54, 1.807) is 42.5 Å². The molecule has 0 saturated heterocycles. The Morgan fingerprint density at radius 2 is 1.63 bits per heavy atom. The van der Waals surface area contributed by atoms with Crippen LogP contribution in [0.15, 0.2) is 48.5 Å². The predicted molar refractivity (Wildman–Crippen MR) is 73.6 cm³/mol. The maximum atomic E-state index is 8.91. The number of hydrogen-bond acceptors (Lipinski definition) is 3. The fourth-order valence-electron chi connectivity index (χ4n) is 1.53. The Labute approximate surface area is 117 Å².